The van der Waals surface area contributed by atoms with E-state index in [0.29, 0.717) is 17.3 Å². The van der Waals surface area contributed by atoms with Gasteiger partial charge in [0.2, 0.25) is 5.91 Å². The molecule has 2 aromatic carbocycles. The summed E-state index contributed by atoms with van der Waals surface area (Å²) in [6.07, 6.45) is 0. The average Bonchev–Trinajstić information content (AvgIpc) is 3.14. The number of hydrazine groups is 1. The first kappa shape index (κ1) is 19.6. The van der Waals surface area contributed by atoms with Crippen LogP contribution < -0.4 is 10.9 Å². The Balaban J connectivity index is 1.59. The number of nitrogens with zero attached hydrogens (tertiary/aromatic N) is 3. The number of carbonyl (C=O) groups excluding carboxylic acids is 2. The zero-order chi connectivity index (χ0) is 19.9. The summed E-state index contributed by atoms with van der Waals surface area (Å²) in [6.45, 7) is 4.72. The van der Waals surface area contributed by atoms with E-state index in [9.17, 15) is 9.59 Å². The van der Waals surface area contributed by atoms with Crippen molar-refractivity contribution in [2.75, 3.05) is 5.75 Å². The maximum atomic E-state index is 12.1. The fraction of sp³-hybridized carbons (Fsp3) is 0.200. The van der Waals surface area contributed by atoms with Gasteiger partial charge in [0, 0.05) is 17.7 Å². The highest BCUT2D eigenvalue weighted by Gasteiger charge is 2.16. The summed E-state index contributed by atoms with van der Waals surface area (Å²) >= 11 is 1.27. The molecular formula is C20H21N5O2S. The van der Waals surface area contributed by atoms with Crippen molar-refractivity contribution in [1.29, 1.82) is 0 Å². The van der Waals surface area contributed by atoms with E-state index in [0.717, 1.165) is 17.0 Å². The highest BCUT2D eigenvalue weighted by Crippen LogP contribution is 2.25. The van der Waals surface area contributed by atoms with Crippen LogP contribution in [0, 0.1) is 6.92 Å². The summed E-state index contributed by atoms with van der Waals surface area (Å²) in [7, 11) is 0. The van der Waals surface area contributed by atoms with Gasteiger partial charge in [0.25, 0.3) is 5.91 Å². The van der Waals surface area contributed by atoms with E-state index in [2.05, 4.69) is 21.0 Å². The minimum atomic E-state index is -0.363. The third kappa shape index (κ3) is 4.58. The molecule has 0 atom stereocenters. The van der Waals surface area contributed by atoms with Gasteiger partial charge in [-0.1, -0.05) is 54.2 Å². The zero-order valence-corrected chi connectivity index (χ0v) is 16.5. The van der Waals surface area contributed by atoms with Gasteiger partial charge in [-0.15, -0.1) is 10.2 Å². The minimum absolute atomic E-state index is 0.112. The highest BCUT2D eigenvalue weighted by molar-refractivity contribution is 7.99. The fourth-order valence-corrected chi connectivity index (χ4v) is 3.46. The van der Waals surface area contributed by atoms with Crippen LogP contribution in [-0.2, 0) is 11.3 Å². The fourth-order valence-electron chi connectivity index (χ4n) is 2.66. The molecule has 3 rings (SSSR count). The van der Waals surface area contributed by atoms with E-state index in [1.165, 1.54) is 11.8 Å². The number of aromatic nitrogens is 3. The molecule has 0 bridgehead atoms. The molecule has 3 aromatic rings. The second-order valence-corrected chi connectivity index (χ2v) is 6.96. The van der Waals surface area contributed by atoms with E-state index < -0.39 is 0 Å². The van der Waals surface area contributed by atoms with E-state index in [-0.39, 0.29) is 17.6 Å². The molecule has 144 valence electrons. The molecule has 0 fully saturated rings. The first-order valence-electron chi connectivity index (χ1n) is 8.86. The van der Waals surface area contributed by atoms with Gasteiger partial charge in [0.1, 0.15) is 0 Å². The molecule has 0 radical (unpaired) electrons. The molecule has 0 aliphatic carbocycles. The molecule has 2 amide bonds. The van der Waals surface area contributed by atoms with Crippen LogP contribution >= 0.6 is 11.8 Å². The highest BCUT2D eigenvalue weighted by atomic mass is 32.2. The van der Waals surface area contributed by atoms with Crippen LogP contribution in [0.3, 0.4) is 0 Å². The predicted octanol–water partition coefficient (Wildman–Crippen LogP) is 2.83. The van der Waals surface area contributed by atoms with Crippen LogP contribution in [0.5, 0.6) is 0 Å². The Hall–Kier alpha value is -3.13. The molecule has 1 heterocycles. The van der Waals surface area contributed by atoms with Crippen molar-refractivity contribution in [2.24, 2.45) is 0 Å². The van der Waals surface area contributed by atoms with Gasteiger partial charge in [-0.2, -0.15) is 0 Å². The Labute approximate surface area is 167 Å². The van der Waals surface area contributed by atoms with Gasteiger partial charge >= 0.3 is 0 Å². The first-order chi connectivity index (χ1) is 13.6. The number of carbonyl (C=O) groups is 2. The Morgan fingerprint density at radius 1 is 1.00 bits per heavy atom. The van der Waals surface area contributed by atoms with Gasteiger partial charge in [0.05, 0.1) is 5.75 Å². The molecule has 0 saturated carbocycles. The van der Waals surface area contributed by atoms with Gasteiger partial charge in [-0.3, -0.25) is 20.4 Å². The Bertz CT molecular complexity index is 972. The molecule has 0 spiro atoms. The lowest BCUT2D eigenvalue weighted by molar-refractivity contribution is -0.119. The zero-order valence-electron chi connectivity index (χ0n) is 15.7. The van der Waals surface area contributed by atoms with Crippen LogP contribution in [-0.4, -0.2) is 32.3 Å². The first-order valence-corrected chi connectivity index (χ1v) is 9.85. The third-order valence-corrected chi connectivity index (χ3v) is 5.07. The maximum absolute atomic E-state index is 12.1. The maximum Gasteiger partial charge on any atom is 0.269 e. The van der Waals surface area contributed by atoms with E-state index >= 15 is 0 Å². The summed E-state index contributed by atoms with van der Waals surface area (Å²) in [5, 5.41) is 9.19. The van der Waals surface area contributed by atoms with Crippen molar-refractivity contribution >= 4 is 23.6 Å². The lowest BCUT2D eigenvalue weighted by Crippen LogP contribution is -2.42. The molecule has 1 aromatic heterocycles. The van der Waals surface area contributed by atoms with Crippen molar-refractivity contribution in [3.05, 3.63) is 65.7 Å². The van der Waals surface area contributed by atoms with Crippen LogP contribution in [0.1, 0.15) is 22.8 Å². The van der Waals surface area contributed by atoms with Crippen molar-refractivity contribution < 1.29 is 9.59 Å². The van der Waals surface area contributed by atoms with E-state index in [1.54, 1.807) is 24.3 Å². The van der Waals surface area contributed by atoms with Crippen molar-refractivity contribution in [2.45, 2.75) is 25.5 Å². The van der Waals surface area contributed by atoms with Gasteiger partial charge in [-0.25, -0.2) is 0 Å². The molecule has 8 heteroatoms. The Kier molecular flexibility index (Phi) is 6.44. The van der Waals surface area contributed by atoms with Crippen LogP contribution in [0.2, 0.25) is 0 Å². The van der Waals surface area contributed by atoms with E-state index in [4.69, 9.17) is 0 Å². The summed E-state index contributed by atoms with van der Waals surface area (Å²) in [5.74, 6) is 0.205. The summed E-state index contributed by atoms with van der Waals surface area (Å²) in [5.41, 5.74) is 7.43. The summed E-state index contributed by atoms with van der Waals surface area (Å²) < 4.78 is 1.98. The number of aryl methyl sites for hydroxylation is 1. The molecule has 0 aliphatic rings. The van der Waals surface area contributed by atoms with Gasteiger partial charge < -0.3 is 4.57 Å². The third-order valence-electron chi connectivity index (χ3n) is 4.10. The molecule has 0 aliphatic heterocycles. The molecule has 2 N–H and O–H groups in total. The number of thioether (sulfide) groups is 1. The topological polar surface area (TPSA) is 88.9 Å². The lowest BCUT2D eigenvalue weighted by Gasteiger charge is -2.09. The van der Waals surface area contributed by atoms with Crippen LogP contribution in [0.25, 0.3) is 11.4 Å². The number of amides is 2. The van der Waals surface area contributed by atoms with Crippen molar-refractivity contribution in [1.82, 2.24) is 25.6 Å². The summed E-state index contributed by atoms with van der Waals surface area (Å²) in [6, 6.07) is 16.7. The smallest absolute Gasteiger partial charge is 0.269 e. The lowest BCUT2D eigenvalue weighted by atomic mass is 10.1. The number of nitrogens with one attached hydrogen (secondary N) is 2. The minimum Gasteiger partial charge on any atom is -0.302 e. The van der Waals surface area contributed by atoms with Crippen molar-refractivity contribution in [3.8, 4) is 11.4 Å². The standard InChI is InChI=1S/C20H21N5O2S/c1-3-25-18(16-12-8-7-9-14(16)2)22-24-20(25)28-13-17(26)21-23-19(27)15-10-5-4-6-11-15/h4-12H,3,13H2,1-2H3,(H,21,26)(H,23,27). The number of hydrogen-bond acceptors (Lipinski definition) is 5. The largest absolute Gasteiger partial charge is 0.302 e. The Morgan fingerprint density at radius 3 is 2.43 bits per heavy atom. The SMILES string of the molecule is CCn1c(SCC(=O)NNC(=O)c2ccccc2)nnc1-c1ccccc1C. The van der Waals surface area contributed by atoms with Gasteiger partial charge in [0.15, 0.2) is 11.0 Å². The second kappa shape index (κ2) is 9.18. The Morgan fingerprint density at radius 2 is 1.71 bits per heavy atom. The molecule has 0 saturated heterocycles. The molecule has 28 heavy (non-hydrogen) atoms. The quantitative estimate of drug-likeness (QED) is 0.495. The monoisotopic (exact) mass is 395 g/mol. The second-order valence-electron chi connectivity index (χ2n) is 6.02. The number of hydrogen-bond donors (Lipinski definition) is 2. The molecular weight excluding hydrogens is 374 g/mol. The number of rotatable bonds is 6. The number of benzene rings is 2. The van der Waals surface area contributed by atoms with Crippen LogP contribution in [0.4, 0.5) is 0 Å². The van der Waals surface area contributed by atoms with Crippen molar-refractivity contribution in [3.63, 3.8) is 0 Å². The van der Waals surface area contributed by atoms with Gasteiger partial charge in [-0.05, 0) is 31.5 Å². The summed E-state index contributed by atoms with van der Waals surface area (Å²) in [4.78, 5) is 24.0. The molecule has 7 nitrogen and oxygen atoms in total. The predicted molar refractivity (Wildman–Crippen MR) is 109 cm³/mol. The molecule has 0 unspecified atom stereocenters. The van der Waals surface area contributed by atoms with Crippen LogP contribution in [0.15, 0.2) is 59.8 Å². The normalized spacial score (nSPS) is 10.5. The average molecular weight is 395 g/mol. The van der Waals surface area contributed by atoms with E-state index in [1.807, 2.05) is 48.7 Å².